The zero-order chi connectivity index (χ0) is 22.7. The van der Waals surface area contributed by atoms with Crippen LogP contribution < -0.4 is 10.1 Å². The number of rotatable bonds is 6. The minimum absolute atomic E-state index is 0.153. The fourth-order valence-corrected chi connectivity index (χ4v) is 3.28. The Hall–Kier alpha value is -4.46. The van der Waals surface area contributed by atoms with Gasteiger partial charge in [-0.1, -0.05) is 48.0 Å². The van der Waals surface area contributed by atoms with Crippen LogP contribution >= 0.6 is 0 Å². The van der Waals surface area contributed by atoms with Gasteiger partial charge in [0.1, 0.15) is 11.4 Å². The van der Waals surface area contributed by atoms with Gasteiger partial charge in [-0.05, 0) is 25.1 Å². The van der Waals surface area contributed by atoms with E-state index < -0.39 is 10.8 Å². The molecule has 1 N–H and O–H groups in total. The van der Waals surface area contributed by atoms with Crippen LogP contribution in [0.1, 0.15) is 15.9 Å². The summed E-state index contributed by atoms with van der Waals surface area (Å²) in [4.78, 5) is 23.9. The molecular weight excluding hydrogens is 408 g/mol. The number of nitrogens with zero attached hydrogens (tertiary/aromatic N) is 3. The first-order valence-electron chi connectivity index (χ1n) is 9.82. The lowest BCUT2D eigenvalue weighted by atomic mass is 10.1. The molecule has 32 heavy (non-hydrogen) atoms. The van der Waals surface area contributed by atoms with Crippen molar-refractivity contribution in [1.29, 1.82) is 0 Å². The minimum Gasteiger partial charge on any atom is -0.495 e. The summed E-state index contributed by atoms with van der Waals surface area (Å²) in [6.07, 6.45) is 1.65. The molecule has 0 aliphatic heterocycles. The number of hydrogen-bond acceptors (Lipinski definition) is 5. The van der Waals surface area contributed by atoms with E-state index in [1.165, 1.54) is 25.3 Å². The van der Waals surface area contributed by atoms with Crippen LogP contribution in [0, 0.1) is 17.0 Å². The number of ether oxygens (including phenoxy) is 1. The van der Waals surface area contributed by atoms with Gasteiger partial charge in [-0.2, -0.15) is 5.10 Å². The van der Waals surface area contributed by atoms with Crippen molar-refractivity contribution in [1.82, 2.24) is 9.78 Å². The van der Waals surface area contributed by atoms with E-state index in [9.17, 15) is 14.9 Å². The maximum absolute atomic E-state index is 13.3. The van der Waals surface area contributed by atoms with Crippen molar-refractivity contribution in [3.8, 4) is 22.7 Å². The number of nitrogens with one attached hydrogen (secondary N) is 1. The Morgan fingerprint density at radius 2 is 1.78 bits per heavy atom. The van der Waals surface area contributed by atoms with Crippen molar-refractivity contribution in [2.75, 3.05) is 12.4 Å². The Bertz CT molecular complexity index is 1280. The first kappa shape index (κ1) is 20.8. The molecule has 160 valence electrons. The first-order chi connectivity index (χ1) is 15.5. The monoisotopic (exact) mass is 428 g/mol. The maximum atomic E-state index is 13.3. The number of benzene rings is 3. The van der Waals surface area contributed by atoms with Gasteiger partial charge >= 0.3 is 0 Å². The Kier molecular flexibility index (Phi) is 5.67. The molecule has 1 amide bonds. The number of aryl methyl sites for hydroxylation is 1. The summed E-state index contributed by atoms with van der Waals surface area (Å²) in [5.74, 6) is -0.142. The molecule has 4 rings (SSSR count). The molecule has 0 saturated heterocycles. The molecule has 0 aliphatic rings. The molecule has 0 fully saturated rings. The largest absolute Gasteiger partial charge is 0.495 e. The highest BCUT2D eigenvalue weighted by molar-refractivity contribution is 6.08. The van der Waals surface area contributed by atoms with E-state index in [-0.39, 0.29) is 11.4 Å². The normalized spacial score (nSPS) is 10.6. The van der Waals surface area contributed by atoms with E-state index in [2.05, 4.69) is 10.4 Å². The summed E-state index contributed by atoms with van der Waals surface area (Å²) in [6, 6.07) is 21.2. The van der Waals surface area contributed by atoms with Gasteiger partial charge in [0.2, 0.25) is 0 Å². The third-order valence-electron chi connectivity index (χ3n) is 4.95. The second-order valence-corrected chi connectivity index (χ2v) is 7.13. The van der Waals surface area contributed by atoms with Crippen LogP contribution in [-0.2, 0) is 0 Å². The van der Waals surface area contributed by atoms with Gasteiger partial charge < -0.3 is 10.1 Å². The fraction of sp³-hybridized carbons (Fsp3) is 0.0833. The van der Waals surface area contributed by atoms with E-state index in [1.807, 2.05) is 61.5 Å². The number of aromatic nitrogens is 2. The van der Waals surface area contributed by atoms with E-state index >= 15 is 0 Å². The van der Waals surface area contributed by atoms with Gasteiger partial charge in [0.15, 0.2) is 0 Å². The molecule has 0 saturated carbocycles. The minimum atomic E-state index is -0.528. The average molecular weight is 428 g/mol. The van der Waals surface area contributed by atoms with Crippen molar-refractivity contribution < 1.29 is 14.5 Å². The summed E-state index contributed by atoms with van der Waals surface area (Å²) in [7, 11) is 1.43. The van der Waals surface area contributed by atoms with Crippen LogP contribution in [-0.4, -0.2) is 27.7 Å². The Labute approximate surface area is 184 Å². The molecular formula is C24H20N4O4. The number of nitro benzene ring substituents is 1. The Morgan fingerprint density at radius 1 is 1.06 bits per heavy atom. The van der Waals surface area contributed by atoms with E-state index in [1.54, 1.807) is 10.9 Å². The third kappa shape index (κ3) is 4.20. The Morgan fingerprint density at radius 3 is 2.44 bits per heavy atom. The van der Waals surface area contributed by atoms with Crippen molar-refractivity contribution >= 4 is 17.3 Å². The van der Waals surface area contributed by atoms with Crippen LogP contribution in [0.25, 0.3) is 16.9 Å². The van der Waals surface area contributed by atoms with Crippen molar-refractivity contribution in [2.45, 2.75) is 6.92 Å². The first-order valence-corrected chi connectivity index (χ1v) is 9.82. The molecule has 8 heteroatoms. The lowest BCUT2D eigenvalue weighted by Gasteiger charge is -2.10. The standard InChI is InChI=1S/C24H20N4O4/c1-16-8-10-18(11-9-16)27-15-20(23(26-27)17-6-4-3-5-7-17)24(29)25-21-14-19(28(30)31)12-13-22(21)32-2/h3-15H,1-2H3,(H,25,29). The number of carbonyl (C=O) groups excluding carboxylic acids is 1. The van der Waals surface area contributed by atoms with Crippen LogP contribution in [0.4, 0.5) is 11.4 Å². The highest BCUT2D eigenvalue weighted by Crippen LogP contribution is 2.31. The number of carbonyl (C=O) groups is 1. The number of amides is 1. The van der Waals surface area contributed by atoms with Gasteiger partial charge in [-0.25, -0.2) is 4.68 Å². The van der Waals surface area contributed by atoms with Crippen LogP contribution in [0.2, 0.25) is 0 Å². The Balaban J connectivity index is 1.77. The van der Waals surface area contributed by atoms with Gasteiger partial charge in [0, 0.05) is 23.9 Å². The summed E-state index contributed by atoms with van der Waals surface area (Å²) in [5.41, 5.74) is 3.56. The van der Waals surface area contributed by atoms with Gasteiger partial charge in [0.25, 0.3) is 11.6 Å². The van der Waals surface area contributed by atoms with Crippen LogP contribution in [0.5, 0.6) is 5.75 Å². The van der Waals surface area contributed by atoms with Crippen LogP contribution in [0.3, 0.4) is 0 Å². The van der Waals surface area contributed by atoms with Gasteiger partial charge in [-0.3, -0.25) is 14.9 Å². The molecule has 0 bridgehead atoms. The number of nitro groups is 1. The molecule has 0 aliphatic carbocycles. The number of non-ortho nitro benzene ring substituents is 1. The summed E-state index contributed by atoms with van der Waals surface area (Å²) in [5, 5.41) is 18.6. The smallest absolute Gasteiger partial charge is 0.271 e. The molecule has 0 radical (unpaired) electrons. The second-order valence-electron chi connectivity index (χ2n) is 7.13. The molecule has 8 nitrogen and oxygen atoms in total. The summed E-state index contributed by atoms with van der Waals surface area (Å²) in [6.45, 7) is 1.99. The molecule has 3 aromatic carbocycles. The number of hydrogen-bond donors (Lipinski definition) is 1. The highest BCUT2D eigenvalue weighted by Gasteiger charge is 2.21. The van der Waals surface area contributed by atoms with E-state index in [4.69, 9.17) is 4.74 Å². The molecule has 4 aromatic rings. The molecule has 0 atom stereocenters. The lowest BCUT2D eigenvalue weighted by molar-refractivity contribution is -0.384. The molecule has 0 spiro atoms. The molecule has 1 heterocycles. The molecule has 1 aromatic heterocycles. The number of anilines is 1. The number of methoxy groups -OCH3 is 1. The second kappa shape index (κ2) is 8.73. The zero-order valence-corrected chi connectivity index (χ0v) is 17.5. The average Bonchev–Trinajstić information content (AvgIpc) is 3.26. The summed E-state index contributed by atoms with van der Waals surface area (Å²) < 4.78 is 6.90. The van der Waals surface area contributed by atoms with Gasteiger partial charge in [-0.15, -0.1) is 0 Å². The topological polar surface area (TPSA) is 99.3 Å². The van der Waals surface area contributed by atoms with E-state index in [0.29, 0.717) is 17.0 Å². The van der Waals surface area contributed by atoms with Crippen molar-refractivity contribution in [3.05, 3.63) is 100 Å². The fourth-order valence-electron chi connectivity index (χ4n) is 3.28. The zero-order valence-electron chi connectivity index (χ0n) is 17.5. The highest BCUT2D eigenvalue weighted by atomic mass is 16.6. The summed E-state index contributed by atoms with van der Waals surface area (Å²) >= 11 is 0. The van der Waals surface area contributed by atoms with Crippen LogP contribution in [0.15, 0.2) is 79.0 Å². The SMILES string of the molecule is COc1ccc([N+](=O)[O-])cc1NC(=O)c1cn(-c2ccc(C)cc2)nc1-c1ccccc1. The third-order valence-corrected chi connectivity index (χ3v) is 4.95. The predicted octanol–water partition coefficient (Wildman–Crippen LogP) is 5.02. The van der Waals surface area contributed by atoms with Gasteiger partial charge in [0.05, 0.1) is 29.0 Å². The van der Waals surface area contributed by atoms with Crippen molar-refractivity contribution in [3.63, 3.8) is 0 Å². The molecule has 0 unspecified atom stereocenters. The van der Waals surface area contributed by atoms with E-state index in [0.717, 1.165) is 16.8 Å². The lowest BCUT2D eigenvalue weighted by Crippen LogP contribution is -2.13. The predicted molar refractivity (Wildman–Crippen MR) is 121 cm³/mol. The maximum Gasteiger partial charge on any atom is 0.271 e. The van der Waals surface area contributed by atoms with Crippen molar-refractivity contribution in [2.24, 2.45) is 0 Å². The quantitative estimate of drug-likeness (QED) is 0.343.